The van der Waals surface area contributed by atoms with Gasteiger partial charge in [0.15, 0.2) is 0 Å². The summed E-state index contributed by atoms with van der Waals surface area (Å²) in [4.78, 5) is 13.9. The fourth-order valence-corrected chi connectivity index (χ4v) is 3.51. The third-order valence-corrected chi connectivity index (χ3v) is 5.12. The van der Waals surface area contributed by atoms with E-state index in [1.165, 1.54) is 44.9 Å². The van der Waals surface area contributed by atoms with Crippen LogP contribution in [0.2, 0.25) is 0 Å². The molecule has 0 spiro atoms. The average molecular weight is 412 g/mol. The van der Waals surface area contributed by atoms with Crippen LogP contribution in [-0.2, 0) is 14.3 Å². The number of unbranched alkanes of at least 4 members (excludes halogenated alkanes) is 8. The molecule has 0 aromatic carbocycles. The van der Waals surface area contributed by atoms with Gasteiger partial charge in [0.25, 0.3) is 0 Å². The maximum absolute atomic E-state index is 11.7. The summed E-state index contributed by atoms with van der Waals surface area (Å²) in [5, 5.41) is 6.35. The first-order valence-electron chi connectivity index (χ1n) is 11.7. The van der Waals surface area contributed by atoms with E-state index in [0.717, 1.165) is 32.2 Å². The minimum Gasteiger partial charge on any atom is -0.465 e. The lowest BCUT2D eigenvalue weighted by Crippen LogP contribution is -2.30. The van der Waals surface area contributed by atoms with E-state index in [2.05, 4.69) is 36.6 Å². The third kappa shape index (κ3) is 15.4. The van der Waals surface area contributed by atoms with Crippen molar-refractivity contribution in [2.75, 3.05) is 40.3 Å². The molecule has 0 amide bonds. The Morgan fingerprint density at radius 2 is 1.76 bits per heavy atom. The van der Waals surface area contributed by atoms with Crippen molar-refractivity contribution < 1.29 is 14.3 Å². The molecule has 6 nitrogen and oxygen atoms in total. The highest BCUT2D eigenvalue weighted by Crippen LogP contribution is 2.18. The number of nitrogens with zero attached hydrogens (tertiary/aromatic N) is 1. The van der Waals surface area contributed by atoms with Gasteiger partial charge in [0.2, 0.25) is 0 Å². The maximum Gasteiger partial charge on any atom is 0.319 e. The molecular weight excluding hydrogens is 366 g/mol. The number of ether oxygens (including phenoxy) is 2. The molecule has 1 saturated heterocycles. The average Bonchev–Trinajstić information content (AvgIpc) is 3.12. The zero-order valence-electron chi connectivity index (χ0n) is 19.1. The molecule has 2 atom stereocenters. The summed E-state index contributed by atoms with van der Waals surface area (Å²) in [5.74, 6) is -0.170. The molecule has 2 N–H and O–H groups in total. The van der Waals surface area contributed by atoms with E-state index in [4.69, 9.17) is 9.47 Å². The molecule has 2 unspecified atom stereocenters. The summed E-state index contributed by atoms with van der Waals surface area (Å²) >= 11 is 0. The summed E-state index contributed by atoms with van der Waals surface area (Å²) in [5.41, 5.74) is 0. The lowest BCUT2D eigenvalue weighted by Gasteiger charge is -2.17. The van der Waals surface area contributed by atoms with E-state index >= 15 is 0 Å². The Balaban J connectivity index is 1.86. The Bertz CT molecular complexity index is 430. The number of hydrogen-bond acceptors (Lipinski definition) is 6. The van der Waals surface area contributed by atoms with Crippen LogP contribution in [0.5, 0.6) is 0 Å². The molecule has 29 heavy (non-hydrogen) atoms. The summed E-state index contributed by atoms with van der Waals surface area (Å²) in [6.45, 7) is 4.64. The van der Waals surface area contributed by atoms with Gasteiger partial charge in [-0.3, -0.25) is 4.79 Å². The molecule has 1 aliphatic rings. The van der Waals surface area contributed by atoms with Crippen molar-refractivity contribution in [1.29, 1.82) is 0 Å². The van der Waals surface area contributed by atoms with Crippen LogP contribution in [0.25, 0.3) is 0 Å². The fraction of sp³-hybridized carbons (Fsp3) is 0.870. The lowest BCUT2D eigenvalue weighted by atomic mass is 10.1. The topological polar surface area (TPSA) is 62.8 Å². The van der Waals surface area contributed by atoms with Crippen molar-refractivity contribution in [3.63, 3.8) is 0 Å². The van der Waals surface area contributed by atoms with Gasteiger partial charge < -0.3 is 25.0 Å². The molecule has 0 bridgehead atoms. The zero-order valence-corrected chi connectivity index (χ0v) is 19.1. The molecule has 1 fully saturated rings. The van der Waals surface area contributed by atoms with Crippen molar-refractivity contribution in [3.8, 4) is 0 Å². The molecule has 0 aromatic rings. The Kier molecular flexibility index (Phi) is 15.8. The van der Waals surface area contributed by atoms with Gasteiger partial charge in [-0.1, -0.05) is 64.4 Å². The van der Waals surface area contributed by atoms with E-state index in [1.807, 2.05) is 12.3 Å². The largest absolute Gasteiger partial charge is 0.465 e. The molecule has 0 radical (unpaired) electrons. The Labute approximate surface area is 178 Å². The van der Waals surface area contributed by atoms with Crippen molar-refractivity contribution in [2.45, 2.75) is 89.9 Å². The Morgan fingerprint density at radius 3 is 2.45 bits per heavy atom. The smallest absolute Gasteiger partial charge is 0.319 e. The standard InChI is InChI=1S/C23H45N3O3/c1-4-5-6-7-8-9-10-11-12-18-28-23(27)19-24-16-13-17-25-22-15-14-21(29-22)20-26(2)3/h13,17,21-22,24-25H,4-12,14-16,18-20H2,1-3H3/b17-13-. The Hall–Kier alpha value is -1.11. The van der Waals surface area contributed by atoms with Crippen LogP contribution in [0.3, 0.4) is 0 Å². The molecule has 170 valence electrons. The van der Waals surface area contributed by atoms with Crippen molar-refractivity contribution in [1.82, 2.24) is 15.5 Å². The predicted octanol–water partition coefficient (Wildman–Crippen LogP) is 3.82. The van der Waals surface area contributed by atoms with Gasteiger partial charge in [-0.05, 0) is 39.6 Å². The van der Waals surface area contributed by atoms with Gasteiger partial charge in [-0.15, -0.1) is 0 Å². The molecule has 0 aromatic heterocycles. The number of carbonyl (C=O) groups excluding carboxylic acids is 1. The second kappa shape index (κ2) is 17.7. The predicted molar refractivity (Wildman–Crippen MR) is 120 cm³/mol. The van der Waals surface area contributed by atoms with Gasteiger partial charge in [-0.2, -0.15) is 0 Å². The number of likely N-dealkylation sites (N-methyl/N-ethyl adjacent to an activating group) is 1. The number of carbonyl (C=O) groups is 1. The van der Waals surface area contributed by atoms with Crippen LogP contribution < -0.4 is 10.6 Å². The maximum atomic E-state index is 11.7. The second-order valence-electron chi connectivity index (χ2n) is 8.34. The number of rotatable bonds is 18. The minimum absolute atomic E-state index is 0.0949. The van der Waals surface area contributed by atoms with Crippen LogP contribution in [0.4, 0.5) is 0 Å². The van der Waals surface area contributed by atoms with Crippen molar-refractivity contribution in [2.24, 2.45) is 0 Å². The minimum atomic E-state index is -0.170. The van der Waals surface area contributed by atoms with E-state index in [0.29, 0.717) is 19.3 Å². The van der Waals surface area contributed by atoms with Gasteiger partial charge in [0.05, 0.1) is 19.3 Å². The molecule has 1 heterocycles. The number of nitrogens with one attached hydrogen (secondary N) is 2. The zero-order chi connectivity index (χ0) is 21.2. The first kappa shape index (κ1) is 25.9. The Morgan fingerprint density at radius 1 is 1.07 bits per heavy atom. The van der Waals surface area contributed by atoms with Crippen LogP contribution in [0, 0.1) is 0 Å². The lowest BCUT2D eigenvalue weighted by molar-refractivity contribution is -0.142. The van der Waals surface area contributed by atoms with Gasteiger partial charge in [0, 0.05) is 13.1 Å². The first-order chi connectivity index (χ1) is 14.1. The van der Waals surface area contributed by atoms with Gasteiger partial charge in [0.1, 0.15) is 6.23 Å². The summed E-state index contributed by atoms with van der Waals surface area (Å²) in [7, 11) is 4.13. The highest BCUT2D eigenvalue weighted by Gasteiger charge is 2.24. The molecule has 0 saturated carbocycles. The van der Waals surface area contributed by atoms with Crippen LogP contribution in [0.15, 0.2) is 12.3 Å². The number of hydrogen-bond donors (Lipinski definition) is 2. The van der Waals surface area contributed by atoms with E-state index < -0.39 is 0 Å². The highest BCUT2D eigenvalue weighted by molar-refractivity contribution is 5.71. The molecule has 6 heteroatoms. The van der Waals surface area contributed by atoms with E-state index in [1.54, 1.807) is 0 Å². The SMILES string of the molecule is CCCCCCCCCCCOC(=O)CNC/C=C\NC1CCC(CN(C)C)O1. The summed E-state index contributed by atoms with van der Waals surface area (Å²) in [6, 6.07) is 0. The summed E-state index contributed by atoms with van der Waals surface area (Å²) < 4.78 is 11.2. The summed E-state index contributed by atoms with van der Waals surface area (Å²) in [6.07, 6.45) is 17.8. The third-order valence-electron chi connectivity index (χ3n) is 5.12. The number of esters is 1. The van der Waals surface area contributed by atoms with Crippen LogP contribution in [0.1, 0.15) is 77.6 Å². The van der Waals surface area contributed by atoms with Crippen LogP contribution in [-0.4, -0.2) is 63.5 Å². The molecule has 1 aliphatic heterocycles. The molecular formula is C23H45N3O3. The molecule has 0 aliphatic carbocycles. The monoisotopic (exact) mass is 411 g/mol. The second-order valence-corrected chi connectivity index (χ2v) is 8.34. The first-order valence-corrected chi connectivity index (χ1v) is 11.7. The van der Waals surface area contributed by atoms with Crippen molar-refractivity contribution >= 4 is 5.97 Å². The normalized spacial score (nSPS) is 19.3. The van der Waals surface area contributed by atoms with Gasteiger partial charge >= 0.3 is 5.97 Å². The fourth-order valence-electron chi connectivity index (χ4n) is 3.51. The van der Waals surface area contributed by atoms with Gasteiger partial charge in [-0.25, -0.2) is 0 Å². The highest BCUT2D eigenvalue weighted by atomic mass is 16.5. The van der Waals surface area contributed by atoms with Crippen molar-refractivity contribution in [3.05, 3.63) is 12.3 Å². The van der Waals surface area contributed by atoms with E-state index in [-0.39, 0.29) is 18.7 Å². The van der Waals surface area contributed by atoms with Crippen LogP contribution >= 0.6 is 0 Å². The van der Waals surface area contributed by atoms with E-state index in [9.17, 15) is 4.79 Å². The molecule has 1 rings (SSSR count). The quantitative estimate of drug-likeness (QED) is 0.264.